The Morgan fingerprint density at radius 3 is 3.00 bits per heavy atom. The quantitative estimate of drug-likeness (QED) is 0.689. The summed E-state index contributed by atoms with van der Waals surface area (Å²) in [6.45, 7) is 0. The molecule has 14 heavy (non-hydrogen) atoms. The Kier molecular flexibility index (Phi) is 2.65. The molecule has 1 aliphatic heterocycles. The summed E-state index contributed by atoms with van der Waals surface area (Å²) in [5, 5.41) is 17.8. The van der Waals surface area contributed by atoms with Crippen LogP contribution in [0.2, 0.25) is 0 Å². The van der Waals surface area contributed by atoms with Crippen molar-refractivity contribution in [2.75, 3.05) is 7.05 Å². The Balaban J connectivity index is 2.17. The number of aromatic hydroxyl groups is 1. The van der Waals surface area contributed by atoms with Crippen LogP contribution in [-0.2, 0) is 0 Å². The van der Waals surface area contributed by atoms with Crippen LogP contribution >= 0.6 is 11.8 Å². The highest BCUT2D eigenvalue weighted by atomic mass is 32.2. The number of hydrogen-bond donors (Lipinski definition) is 3. The molecule has 0 saturated carbocycles. The second-order valence-electron chi connectivity index (χ2n) is 3.03. The van der Waals surface area contributed by atoms with Gasteiger partial charge in [-0.2, -0.15) is 0 Å². The average Bonchev–Trinajstić information content (AvgIpc) is 2.66. The third kappa shape index (κ3) is 1.86. The average molecular weight is 208 g/mol. The van der Waals surface area contributed by atoms with Crippen LogP contribution in [0.1, 0.15) is 5.56 Å². The summed E-state index contributed by atoms with van der Waals surface area (Å²) in [6, 6.07) is 7.22. The Morgan fingerprint density at radius 1 is 1.50 bits per heavy atom. The molecule has 1 heterocycles. The first-order valence-corrected chi connectivity index (χ1v) is 5.33. The van der Waals surface area contributed by atoms with E-state index in [0.29, 0.717) is 5.75 Å². The number of benzene rings is 1. The van der Waals surface area contributed by atoms with Gasteiger partial charge in [0.1, 0.15) is 11.2 Å². The number of phenolic OH excluding ortho intramolecular Hbond substituents is 1. The molecule has 0 bridgehead atoms. The molecule has 1 atom stereocenters. The standard InChI is InChI=1S/C10H12N2OS/c1-11-10-12-9(6-14-10)7-3-2-4-8(13)5-7/h2-6,10-13H,1H3. The lowest BCUT2D eigenvalue weighted by atomic mass is 10.1. The van der Waals surface area contributed by atoms with Gasteiger partial charge in [-0.05, 0) is 24.6 Å². The largest absolute Gasteiger partial charge is 0.508 e. The molecule has 0 amide bonds. The van der Waals surface area contributed by atoms with Gasteiger partial charge in [-0.15, -0.1) is 0 Å². The molecule has 74 valence electrons. The summed E-state index contributed by atoms with van der Waals surface area (Å²) < 4.78 is 0. The summed E-state index contributed by atoms with van der Waals surface area (Å²) in [4.78, 5) is 0. The van der Waals surface area contributed by atoms with Gasteiger partial charge in [-0.1, -0.05) is 23.9 Å². The molecule has 2 rings (SSSR count). The van der Waals surface area contributed by atoms with Crippen molar-refractivity contribution in [1.82, 2.24) is 10.6 Å². The van der Waals surface area contributed by atoms with E-state index in [4.69, 9.17) is 0 Å². The van der Waals surface area contributed by atoms with Crippen molar-refractivity contribution in [2.24, 2.45) is 0 Å². The minimum absolute atomic E-state index is 0.229. The zero-order valence-electron chi connectivity index (χ0n) is 7.82. The van der Waals surface area contributed by atoms with Crippen LogP contribution in [0.5, 0.6) is 5.75 Å². The summed E-state index contributed by atoms with van der Waals surface area (Å²) in [5.41, 5.74) is 2.29. The Hall–Kier alpha value is -1.13. The molecule has 0 radical (unpaired) electrons. The molecular weight excluding hydrogens is 196 g/mol. The minimum atomic E-state index is 0.229. The summed E-state index contributed by atoms with van der Waals surface area (Å²) in [5.74, 6) is 0.295. The maximum absolute atomic E-state index is 9.32. The normalized spacial score (nSPS) is 20.4. The van der Waals surface area contributed by atoms with Crippen molar-refractivity contribution in [2.45, 2.75) is 5.50 Å². The first kappa shape index (κ1) is 9.43. The lowest BCUT2D eigenvalue weighted by molar-refractivity contribution is 0.475. The zero-order valence-corrected chi connectivity index (χ0v) is 8.64. The van der Waals surface area contributed by atoms with E-state index in [2.05, 4.69) is 16.0 Å². The Bertz CT molecular complexity index is 365. The molecule has 1 aliphatic rings. The lowest BCUT2D eigenvalue weighted by Crippen LogP contribution is -2.32. The van der Waals surface area contributed by atoms with Crippen LogP contribution in [0.4, 0.5) is 0 Å². The van der Waals surface area contributed by atoms with E-state index in [0.717, 1.165) is 11.3 Å². The maximum Gasteiger partial charge on any atom is 0.129 e. The summed E-state index contributed by atoms with van der Waals surface area (Å²) >= 11 is 1.69. The topological polar surface area (TPSA) is 44.3 Å². The highest BCUT2D eigenvalue weighted by molar-refractivity contribution is 8.03. The van der Waals surface area contributed by atoms with Crippen LogP contribution in [0.25, 0.3) is 5.70 Å². The van der Waals surface area contributed by atoms with Gasteiger partial charge in [0.2, 0.25) is 0 Å². The van der Waals surface area contributed by atoms with Crippen LogP contribution < -0.4 is 10.6 Å². The number of phenols is 1. The van der Waals surface area contributed by atoms with E-state index in [1.807, 2.05) is 19.2 Å². The molecule has 1 aromatic carbocycles. The van der Waals surface area contributed by atoms with Crippen molar-refractivity contribution >= 4 is 17.5 Å². The first-order chi connectivity index (χ1) is 6.79. The smallest absolute Gasteiger partial charge is 0.129 e. The summed E-state index contributed by atoms with van der Waals surface area (Å²) in [6.07, 6.45) is 0. The van der Waals surface area contributed by atoms with E-state index >= 15 is 0 Å². The number of hydrogen-bond acceptors (Lipinski definition) is 4. The van der Waals surface area contributed by atoms with Gasteiger partial charge in [-0.25, -0.2) is 0 Å². The predicted octanol–water partition coefficient (Wildman–Crippen LogP) is 1.53. The molecule has 1 aromatic rings. The van der Waals surface area contributed by atoms with E-state index in [1.54, 1.807) is 23.9 Å². The van der Waals surface area contributed by atoms with Gasteiger partial charge < -0.3 is 10.4 Å². The number of thioether (sulfide) groups is 1. The van der Waals surface area contributed by atoms with Crippen molar-refractivity contribution in [3.8, 4) is 5.75 Å². The van der Waals surface area contributed by atoms with Gasteiger partial charge in [0.05, 0.1) is 0 Å². The van der Waals surface area contributed by atoms with Crippen LogP contribution in [0.15, 0.2) is 29.7 Å². The Labute approximate surface area is 87.2 Å². The second kappa shape index (κ2) is 3.94. The van der Waals surface area contributed by atoms with Gasteiger partial charge in [-0.3, -0.25) is 5.32 Å². The second-order valence-corrected chi connectivity index (χ2v) is 4.01. The van der Waals surface area contributed by atoms with E-state index in [-0.39, 0.29) is 5.50 Å². The summed E-state index contributed by atoms with van der Waals surface area (Å²) in [7, 11) is 1.91. The minimum Gasteiger partial charge on any atom is -0.508 e. The van der Waals surface area contributed by atoms with Crippen molar-refractivity contribution in [3.63, 3.8) is 0 Å². The molecular formula is C10H12N2OS. The number of nitrogens with one attached hydrogen (secondary N) is 2. The highest BCUT2D eigenvalue weighted by Gasteiger charge is 2.15. The Morgan fingerprint density at radius 2 is 2.36 bits per heavy atom. The predicted molar refractivity (Wildman–Crippen MR) is 59.7 cm³/mol. The van der Waals surface area contributed by atoms with Gasteiger partial charge in [0, 0.05) is 11.3 Å². The number of rotatable bonds is 2. The van der Waals surface area contributed by atoms with Gasteiger partial charge >= 0.3 is 0 Å². The van der Waals surface area contributed by atoms with Crippen LogP contribution in [0, 0.1) is 0 Å². The third-order valence-corrected chi connectivity index (χ3v) is 3.03. The fourth-order valence-electron chi connectivity index (χ4n) is 1.31. The fourth-order valence-corrected chi connectivity index (χ4v) is 2.12. The van der Waals surface area contributed by atoms with Crippen LogP contribution in [-0.4, -0.2) is 17.7 Å². The maximum atomic E-state index is 9.32. The highest BCUT2D eigenvalue weighted by Crippen LogP contribution is 2.27. The SMILES string of the molecule is CNC1NC(c2cccc(O)c2)=CS1. The molecule has 3 nitrogen and oxygen atoms in total. The molecule has 0 spiro atoms. The molecule has 0 saturated heterocycles. The van der Waals surface area contributed by atoms with Gasteiger partial charge in [0.15, 0.2) is 0 Å². The van der Waals surface area contributed by atoms with E-state index in [1.165, 1.54) is 0 Å². The molecule has 3 N–H and O–H groups in total. The van der Waals surface area contributed by atoms with Crippen molar-refractivity contribution in [3.05, 3.63) is 35.2 Å². The molecule has 1 unspecified atom stereocenters. The fraction of sp³-hybridized carbons (Fsp3) is 0.200. The molecule has 4 heteroatoms. The lowest BCUT2D eigenvalue weighted by Gasteiger charge is -2.11. The molecule has 0 aliphatic carbocycles. The van der Waals surface area contributed by atoms with Gasteiger partial charge in [0.25, 0.3) is 0 Å². The zero-order chi connectivity index (χ0) is 9.97. The van der Waals surface area contributed by atoms with Crippen molar-refractivity contribution in [1.29, 1.82) is 0 Å². The van der Waals surface area contributed by atoms with Crippen molar-refractivity contribution < 1.29 is 5.11 Å². The monoisotopic (exact) mass is 208 g/mol. The third-order valence-electron chi connectivity index (χ3n) is 2.03. The van der Waals surface area contributed by atoms with Crippen LogP contribution in [0.3, 0.4) is 0 Å². The molecule has 0 fully saturated rings. The van der Waals surface area contributed by atoms with E-state index < -0.39 is 0 Å². The van der Waals surface area contributed by atoms with E-state index in [9.17, 15) is 5.11 Å². The molecule has 0 aromatic heterocycles. The first-order valence-electron chi connectivity index (χ1n) is 4.38.